The summed E-state index contributed by atoms with van der Waals surface area (Å²) in [6.07, 6.45) is 0.783. The number of benzene rings is 1. The summed E-state index contributed by atoms with van der Waals surface area (Å²) < 4.78 is 9.36. The molecule has 0 saturated carbocycles. The fraction of sp³-hybridized carbons (Fsp3) is 0.429. The Balaban J connectivity index is 1.99. The molecule has 0 unspecified atom stereocenters. The number of anilines is 1. The van der Waals surface area contributed by atoms with Crippen molar-refractivity contribution in [3.8, 4) is 0 Å². The van der Waals surface area contributed by atoms with Gasteiger partial charge in [-0.2, -0.15) is 4.37 Å². The van der Waals surface area contributed by atoms with Gasteiger partial charge in [0.05, 0.1) is 6.61 Å². The van der Waals surface area contributed by atoms with Crippen molar-refractivity contribution in [1.82, 2.24) is 9.36 Å². The molecule has 0 aliphatic carbocycles. The summed E-state index contributed by atoms with van der Waals surface area (Å²) in [5, 5.41) is 4.05. The van der Waals surface area contributed by atoms with Gasteiger partial charge in [0.1, 0.15) is 5.82 Å². The number of nitrogens with zero attached hydrogens (tertiary/aromatic N) is 2. The minimum Gasteiger partial charge on any atom is -0.383 e. The molecule has 0 aliphatic rings. The van der Waals surface area contributed by atoms with Crippen LogP contribution >= 0.6 is 11.5 Å². The third-order valence-corrected chi connectivity index (χ3v) is 3.40. The molecule has 0 spiro atoms. The van der Waals surface area contributed by atoms with E-state index in [9.17, 15) is 0 Å². The summed E-state index contributed by atoms with van der Waals surface area (Å²) in [6, 6.07) is 6.55. The maximum absolute atomic E-state index is 4.99. The van der Waals surface area contributed by atoms with E-state index in [4.69, 9.17) is 4.74 Å². The lowest BCUT2D eigenvalue weighted by atomic mass is 10.1. The minimum absolute atomic E-state index is 0.673. The van der Waals surface area contributed by atoms with E-state index < -0.39 is 0 Å². The zero-order valence-corrected chi connectivity index (χ0v) is 12.4. The first-order valence-corrected chi connectivity index (χ1v) is 7.07. The highest BCUT2D eigenvalue weighted by Crippen LogP contribution is 2.16. The van der Waals surface area contributed by atoms with Crippen LogP contribution < -0.4 is 5.32 Å². The van der Waals surface area contributed by atoms with Crippen molar-refractivity contribution in [3.05, 3.63) is 40.7 Å². The third-order valence-electron chi connectivity index (χ3n) is 2.69. The molecule has 0 bridgehead atoms. The van der Waals surface area contributed by atoms with Crippen LogP contribution in [-0.2, 0) is 11.2 Å². The summed E-state index contributed by atoms with van der Waals surface area (Å²) in [4.78, 5) is 4.48. The van der Waals surface area contributed by atoms with Crippen molar-refractivity contribution in [2.24, 2.45) is 0 Å². The largest absolute Gasteiger partial charge is 0.383 e. The summed E-state index contributed by atoms with van der Waals surface area (Å²) >= 11 is 1.40. The van der Waals surface area contributed by atoms with E-state index in [1.165, 1.54) is 28.2 Å². The van der Waals surface area contributed by atoms with Crippen LogP contribution in [0.1, 0.15) is 22.5 Å². The maximum atomic E-state index is 4.99. The Labute approximate surface area is 118 Å². The van der Waals surface area contributed by atoms with Crippen LogP contribution in [0, 0.1) is 13.8 Å². The van der Waals surface area contributed by atoms with Gasteiger partial charge in [0, 0.05) is 31.6 Å². The molecular formula is C14H19N3OS. The second-order valence-corrected chi connectivity index (χ2v) is 5.36. The van der Waals surface area contributed by atoms with Gasteiger partial charge in [-0.05, 0) is 19.4 Å². The molecule has 0 amide bonds. The summed E-state index contributed by atoms with van der Waals surface area (Å²) in [6.45, 7) is 5.66. The van der Waals surface area contributed by atoms with Crippen molar-refractivity contribution in [1.29, 1.82) is 0 Å². The zero-order valence-electron chi connectivity index (χ0n) is 11.6. The fourth-order valence-corrected chi connectivity index (χ4v) is 2.62. The predicted octanol–water partition coefficient (Wildman–Crippen LogP) is 2.80. The van der Waals surface area contributed by atoms with Crippen LogP contribution in [0.5, 0.6) is 0 Å². The van der Waals surface area contributed by atoms with E-state index in [0.717, 1.165) is 23.9 Å². The van der Waals surface area contributed by atoms with Gasteiger partial charge in [-0.3, -0.25) is 0 Å². The Morgan fingerprint density at radius 2 is 1.95 bits per heavy atom. The van der Waals surface area contributed by atoms with Crippen molar-refractivity contribution < 1.29 is 4.74 Å². The van der Waals surface area contributed by atoms with Crippen LogP contribution in [0.3, 0.4) is 0 Å². The second-order valence-electron chi connectivity index (χ2n) is 4.61. The van der Waals surface area contributed by atoms with Crippen molar-refractivity contribution in [2.75, 3.05) is 25.6 Å². The summed E-state index contributed by atoms with van der Waals surface area (Å²) in [5.74, 6) is 0.870. The van der Waals surface area contributed by atoms with Gasteiger partial charge in [0.25, 0.3) is 0 Å². The van der Waals surface area contributed by atoms with E-state index in [2.05, 4.69) is 46.7 Å². The molecule has 2 rings (SSSR count). The maximum Gasteiger partial charge on any atom is 0.202 e. The van der Waals surface area contributed by atoms with Gasteiger partial charge < -0.3 is 10.1 Å². The lowest BCUT2D eigenvalue weighted by Crippen LogP contribution is -2.07. The number of ether oxygens (including phenoxy) is 1. The molecule has 102 valence electrons. The van der Waals surface area contributed by atoms with Gasteiger partial charge in [0.2, 0.25) is 5.13 Å². The quantitative estimate of drug-likeness (QED) is 0.825. The monoisotopic (exact) mass is 277 g/mol. The highest BCUT2D eigenvalue weighted by molar-refractivity contribution is 7.09. The third kappa shape index (κ3) is 4.29. The van der Waals surface area contributed by atoms with Crippen molar-refractivity contribution >= 4 is 16.7 Å². The van der Waals surface area contributed by atoms with Crippen LogP contribution in [0.15, 0.2) is 18.2 Å². The average molecular weight is 277 g/mol. The van der Waals surface area contributed by atoms with Crippen LogP contribution in [0.2, 0.25) is 0 Å². The Bertz CT molecular complexity index is 519. The first-order valence-electron chi connectivity index (χ1n) is 6.30. The molecule has 2 aromatic rings. The number of hydrogen-bond donors (Lipinski definition) is 1. The highest BCUT2D eigenvalue weighted by atomic mass is 32.1. The van der Waals surface area contributed by atoms with Gasteiger partial charge in [0.15, 0.2) is 0 Å². The van der Waals surface area contributed by atoms with E-state index in [0.29, 0.717) is 6.61 Å². The Kier molecular flexibility index (Phi) is 4.87. The zero-order chi connectivity index (χ0) is 13.7. The lowest BCUT2D eigenvalue weighted by molar-refractivity contribution is 0.211. The number of hydrogen-bond acceptors (Lipinski definition) is 5. The second kappa shape index (κ2) is 6.63. The number of aryl methyl sites for hydroxylation is 2. The molecular weight excluding hydrogens is 258 g/mol. The number of methoxy groups -OCH3 is 1. The normalized spacial score (nSPS) is 10.7. The summed E-state index contributed by atoms with van der Waals surface area (Å²) in [7, 11) is 1.69. The van der Waals surface area contributed by atoms with Gasteiger partial charge in [-0.15, -0.1) is 0 Å². The smallest absolute Gasteiger partial charge is 0.202 e. The molecule has 0 radical (unpaired) electrons. The molecule has 0 saturated heterocycles. The van der Waals surface area contributed by atoms with Gasteiger partial charge >= 0.3 is 0 Å². The first-order chi connectivity index (χ1) is 9.17. The molecule has 19 heavy (non-hydrogen) atoms. The SMILES string of the molecule is COCCNc1nc(Cc2cc(C)cc(C)c2)ns1. The lowest BCUT2D eigenvalue weighted by Gasteiger charge is -2.02. The number of nitrogens with one attached hydrogen (secondary N) is 1. The molecule has 0 atom stereocenters. The summed E-state index contributed by atoms with van der Waals surface area (Å²) in [5.41, 5.74) is 3.83. The van der Waals surface area contributed by atoms with E-state index in [1.54, 1.807) is 7.11 Å². The Morgan fingerprint density at radius 3 is 2.63 bits per heavy atom. The van der Waals surface area contributed by atoms with E-state index in [1.807, 2.05) is 0 Å². The van der Waals surface area contributed by atoms with Crippen LogP contribution in [0.4, 0.5) is 5.13 Å². The topological polar surface area (TPSA) is 47.0 Å². The van der Waals surface area contributed by atoms with Crippen LogP contribution in [-0.4, -0.2) is 29.6 Å². The molecule has 0 fully saturated rings. The number of aromatic nitrogens is 2. The molecule has 5 heteroatoms. The van der Waals surface area contributed by atoms with E-state index >= 15 is 0 Å². The first kappa shape index (κ1) is 14.0. The van der Waals surface area contributed by atoms with E-state index in [-0.39, 0.29) is 0 Å². The van der Waals surface area contributed by atoms with Crippen LogP contribution in [0.25, 0.3) is 0 Å². The van der Waals surface area contributed by atoms with Crippen molar-refractivity contribution in [2.45, 2.75) is 20.3 Å². The predicted molar refractivity (Wildman–Crippen MR) is 79.0 cm³/mol. The average Bonchev–Trinajstić information content (AvgIpc) is 2.76. The molecule has 1 N–H and O–H groups in total. The molecule has 0 aliphatic heterocycles. The Morgan fingerprint density at radius 1 is 1.21 bits per heavy atom. The molecule has 1 aromatic carbocycles. The number of rotatable bonds is 6. The van der Waals surface area contributed by atoms with Crippen molar-refractivity contribution in [3.63, 3.8) is 0 Å². The van der Waals surface area contributed by atoms with Gasteiger partial charge in [-0.25, -0.2) is 4.98 Å². The molecule has 4 nitrogen and oxygen atoms in total. The standard InChI is InChI=1S/C14H19N3OS/c1-10-6-11(2)8-12(7-10)9-13-16-14(19-17-13)15-4-5-18-3/h6-8H,4-5,9H2,1-3H3,(H,15,16,17). The Hall–Kier alpha value is -1.46. The molecule has 1 heterocycles. The minimum atomic E-state index is 0.673. The highest BCUT2D eigenvalue weighted by Gasteiger charge is 2.05. The fourth-order valence-electron chi connectivity index (χ4n) is 2.01. The van der Waals surface area contributed by atoms with Gasteiger partial charge in [-0.1, -0.05) is 29.3 Å². The molecule has 1 aromatic heterocycles.